The summed E-state index contributed by atoms with van der Waals surface area (Å²) in [5, 5.41) is 5.56. The molecule has 0 bridgehead atoms. The average molecular weight is 457 g/mol. The maximum absolute atomic E-state index is 13.4. The van der Waals surface area contributed by atoms with Crippen LogP contribution in [0.3, 0.4) is 0 Å². The van der Waals surface area contributed by atoms with E-state index in [0.29, 0.717) is 11.9 Å². The first-order valence-corrected chi connectivity index (χ1v) is 12.0. The summed E-state index contributed by atoms with van der Waals surface area (Å²) in [4.78, 5) is 25.0. The zero-order valence-corrected chi connectivity index (χ0v) is 19.4. The van der Waals surface area contributed by atoms with Crippen LogP contribution in [0.25, 0.3) is 33.4 Å². The van der Waals surface area contributed by atoms with Crippen molar-refractivity contribution in [3.05, 3.63) is 64.5 Å². The summed E-state index contributed by atoms with van der Waals surface area (Å²) in [7, 11) is 0. The molecule has 0 N–H and O–H groups in total. The Balaban J connectivity index is 1.41. The number of aromatic nitrogens is 5. The van der Waals surface area contributed by atoms with Crippen LogP contribution in [0.2, 0.25) is 0 Å². The van der Waals surface area contributed by atoms with E-state index in [0.717, 1.165) is 86.0 Å². The Morgan fingerprint density at radius 3 is 2.79 bits per heavy atom. The maximum atomic E-state index is 13.4. The van der Waals surface area contributed by atoms with Gasteiger partial charge < -0.3 is 4.74 Å². The van der Waals surface area contributed by atoms with Gasteiger partial charge in [0.15, 0.2) is 0 Å². The molecule has 34 heavy (non-hydrogen) atoms. The summed E-state index contributed by atoms with van der Waals surface area (Å²) < 4.78 is 9.26. The molecule has 0 radical (unpaired) electrons. The van der Waals surface area contributed by atoms with Crippen LogP contribution >= 0.6 is 0 Å². The number of pyridine rings is 1. The highest BCUT2D eigenvalue weighted by molar-refractivity contribution is 5.88. The average Bonchev–Trinajstić information content (AvgIpc) is 3.46. The summed E-state index contributed by atoms with van der Waals surface area (Å²) in [5.41, 5.74) is 6.73. The van der Waals surface area contributed by atoms with Crippen LogP contribution < -0.4 is 5.56 Å². The van der Waals surface area contributed by atoms with Crippen LogP contribution in [0.5, 0.6) is 0 Å². The minimum atomic E-state index is -0.000784. The zero-order chi connectivity index (χ0) is 23.1. The molecule has 1 aromatic carbocycles. The Bertz CT molecular complexity index is 1420. The molecular weight excluding hydrogens is 428 g/mol. The summed E-state index contributed by atoms with van der Waals surface area (Å²) in [6.45, 7) is 7.66. The number of morpholine rings is 1. The second-order valence-electron chi connectivity index (χ2n) is 9.09. The zero-order valence-electron chi connectivity index (χ0n) is 19.4. The molecule has 1 saturated heterocycles. The first kappa shape index (κ1) is 21.2. The number of hydrogen-bond acceptors (Lipinski definition) is 6. The lowest BCUT2D eigenvalue weighted by Crippen LogP contribution is -2.39. The molecular formula is C26H28N6O2. The highest BCUT2D eigenvalue weighted by atomic mass is 16.5. The van der Waals surface area contributed by atoms with Gasteiger partial charge in [0.2, 0.25) is 0 Å². The van der Waals surface area contributed by atoms with E-state index in [-0.39, 0.29) is 5.56 Å². The maximum Gasteiger partial charge on any atom is 0.261 e. The van der Waals surface area contributed by atoms with Crippen LogP contribution in [0, 0.1) is 6.92 Å². The Labute approximate surface area is 197 Å². The number of ether oxygens (including phenoxy) is 1. The molecule has 6 rings (SSSR count). The third-order valence-electron chi connectivity index (χ3n) is 6.85. The van der Waals surface area contributed by atoms with Crippen LogP contribution in [-0.4, -0.2) is 62.1 Å². The lowest BCUT2D eigenvalue weighted by molar-refractivity contribution is 0.0362. The lowest BCUT2D eigenvalue weighted by atomic mass is 9.98. The molecule has 0 unspecified atom stereocenters. The van der Waals surface area contributed by atoms with Crippen LogP contribution in [0.4, 0.5) is 0 Å². The van der Waals surface area contributed by atoms with E-state index in [1.165, 1.54) is 5.69 Å². The number of benzene rings is 1. The molecule has 4 aromatic rings. The fraction of sp³-hybridized carbons (Fsp3) is 0.385. The third-order valence-corrected chi connectivity index (χ3v) is 6.85. The number of fused-ring (bicyclic) bond motifs is 2. The molecule has 2 aliphatic heterocycles. The van der Waals surface area contributed by atoms with Crippen LogP contribution in [-0.2, 0) is 24.2 Å². The van der Waals surface area contributed by atoms with Crippen LogP contribution in [0.15, 0.2) is 47.5 Å². The smallest absolute Gasteiger partial charge is 0.261 e. The number of hydrogen-bond donors (Lipinski definition) is 0. The van der Waals surface area contributed by atoms with Crippen molar-refractivity contribution in [1.82, 2.24) is 29.2 Å². The minimum absolute atomic E-state index is 0.000784. The highest BCUT2D eigenvalue weighted by Gasteiger charge is 2.25. The number of nitrogens with zero attached hydrogens (tertiary/aromatic N) is 6. The van der Waals surface area contributed by atoms with E-state index in [9.17, 15) is 4.79 Å². The summed E-state index contributed by atoms with van der Waals surface area (Å²) >= 11 is 0. The van der Waals surface area contributed by atoms with Gasteiger partial charge >= 0.3 is 0 Å². The van der Waals surface area contributed by atoms with Gasteiger partial charge in [-0.3, -0.25) is 23.9 Å². The van der Waals surface area contributed by atoms with E-state index >= 15 is 0 Å². The fourth-order valence-corrected chi connectivity index (χ4v) is 5.04. The van der Waals surface area contributed by atoms with Crippen molar-refractivity contribution in [1.29, 1.82) is 0 Å². The van der Waals surface area contributed by atoms with E-state index in [1.54, 1.807) is 10.9 Å². The van der Waals surface area contributed by atoms with Gasteiger partial charge in [0.05, 0.1) is 36.1 Å². The molecule has 0 spiro atoms. The Morgan fingerprint density at radius 1 is 1.06 bits per heavy atom. The van der Waals surface area contributed by atoms with Crippen molar-refractivity contribution >= 4 is 10.9 Å². The normalized spacial score (nSPS) is 16.3. The predicted molar refractivity (Wildman–Crippen MR) is 131 cm³/mol. The van der Waals surface area contributed by atoms with Gasteiger partial charge in [-0.05, 0) is 49.6 Å². The molecule has 2 aliphatic rings. The molecule has 8 heteroatoms. The quantitative estimate of drug-likeness (QED) is 0.460. The molecule has 0 saturated carbocycles. The van der Waals surface area contributed by atoms with Gasteiger partial charge in [-0.15, -0.1) is 0 Å². The van der Waals surface area contributed by atoms with Crippen molar-refractivity contribution in [2.45, 2.75) is 32.9 Å². The SMILES string of the molecule is Cc1cccc(-c2nn3c(c2-c2ccc4ncn(CCN5CCOCC5)c(=O)c4c2)CCC3)n1. The van der Waals surface area contributed by atoms with Gasteiger partial charge in [0.25, 0.3) is 5.56 Å². The number of rotatable bonds is 5. The first-order chi connectivity index (χ1) is 16.7. The standard InChI is InChI=1S/C26H28N6O2/c1-18-4-2-5-22(28-18)25-24(23-6-3-9-32(23)29-25)19-7-8-21-20(16-19)26(33)31(17-27-21)11-10-30-12-14-34-15-13-30/h2,4-5,7-8,16-17H,3,6,9-15H2,1H3. The van der Waals surface area contributed by atoms with E-state index in [2.05, 4.69) is 20.6 Å². The molecule has 0 atom stereocenters. The topological polar surface area (TPSA) is 78.1 Å². The monoisotopic (exact) mass is 456 g/mol. The van der Waals surface area contributed by atoms with Gasteiger partial charge in [-0.2, -0.15) is 5.10 Å². The Kier molecular flexibility index (Phi) is 5.47. The summed E-state index contributed by atoms with van der Waals surface area (Å²) in [5.74, 6) is 0. The molecule has 5 heterocycles. The van der Waals surface area contributed by atoms with Crippen LogP contribution in [0.1, 0.15) is 17.8 Å². The molecule has 8 nitrogen and oxygen atoms in total. The van der Waals surface area contributed by atoms with Gasteiger partial charge in [-0.1, -0.05) is 12.1 Å². The van der Waals surface area contributed by atoms with Crippen molar-refractivity contribution in [3.8, 4) is 22.5 Å². The molecule has 1 fully saturated rings. The van der Waals surface area contributed by atoms with E-state index in [4.69, 9.17) is 14.8 Å². The molecule has 174 valence electrons. The van der Waals surface area contributed by atoms with Crippen molar-refractivity contribution in [2.24, 2.45) is 0 Å². The molecule has 0 amide bonds. The predicted octanol–water partition coefficient (Wildman–Crippen LogP) is 2.91. The minimum Gasteiger partial charge on any atom is -0.379 e. The Morgan fingerprint density at radius 2 is 1.94 bits per heavy atom. The third kappa shape index (κ3) is 3.82. The summed E-state index contributed by atoms with van der Waals surface area (Å²) in [6, 6.07) is 12.0. The Hall–Kier alpha value is -3.36. The molecule has 3 aromatic heterocycles. The van der Waals surface area contributed by atoms with E-state index in [1.807, 2.05) is 37.3 Å². The highest BCUT2D eigenvalue weighted by Crippen LogP contribution is 2.37. The largest absolute Gasteiger partial charge is 0.379 e. The second kappa shape index (κ2) is 8.77. The van der Waals surface area contributed by atoms with Crippen molar-refractivity contribution < 1.29 is 4.74 Å². The van der Waals surface area contributed by atoms with E-state index < -0.39 is 0 Å². The summed E-state index contributed by atoms with van der Waals surface area (Å²) in [6.07, 6.45) is 3.73. The van der Waals surface area contributed by atoms with Crippen molar-refractivity contribution in [2.75, 3.05) is 32.8 Å². The second-order valence-corrected chi connectivity index (χ2v) is 9.09. The lowest BCUT2D eigenvalue weighted by Gasteiger charge is -2.26. The van der Waals surface area contributed by atoms with Gasteiger partial charge in [0.1, 0.15) is 5.69 Å². The molecule has 0 aliphatic carbocycles. The van der Waals surface area contributed by atoms with Gasteiger partial charge in [0, 0.05) is 49.7 Å². The number of aryl methyl sites for hydroxylation is 2. The van der Waals surface area contributed by atoms with Crippen molar-refractivity contribution in [3.63, 3.8) is 0 Å². The fourth-order valence-electron chi connectivity index (χ4n) is 5.04. The first-order valence-electron chi connectivity index (χ1n) is 12.0. The van der Waals surface area contributed by atoms with Gasteiger partial charge in [-0.25, -0.2) is 4.98 Å².